The highest BCUT2D eigenvalue weighted by Crippen LogP contribution is 2.28. The van der Waals surface area contributed by atoms with E-state index in [2.05, 4.69) is 4.98 Å². The standard InChI is InChI=1S/C18H23N3O2S.ClH/c1-12(19)14-4-3-9-21(11-14)18(22)16-10-20-17(24-16)13-5-7-15(23-2)8-6-13;/h5-8,10,12,14H,3-4,9,11,19H2,1-2H3;1H. The van der Waals surface area contributed by atoms with Crippen molar-refractivity contribution in [3.8, 4) is 16.3 Å². The fourth-order valence-electron chi connectivity index (χ4n) is 3.02. The van der Waals surface area contributed by atoms with Crippen molar-refractivity contribution in [3.05, 3.63) is 35.3 Å². The zero-order chi connectivity index (χ0) is 17.1. The number of methoxy groups -OCH3 is 1. The first-order chi connectivity index (χ1) is 11.6. The first-order valence-corrected chi connectivity index (χ1v) is 9.05. The van der Waals surface area contributed by atoms with Crippen molar-refractivity contribution in [1.82, 2.24) is 9.88 Å². The van der Waals surface area contributed by atoms with Crippen molar-refractivity contribution in [3.63, 3.8) is 0 Å². The highest BCUT2D eigenvalue weighted by molar-refractivity contribution is 7.16. The largest absolute Gasteiger partial charge is 0.497 e. The van der Waals surface area contributed by atoms with Crippen LogP contribution in [0.2, 0.25) is 0 Å². The van der Waals surface area contributed by atoms with Crippen LogP contribution in [0.1, 0.15) is 29.4 Å². The predicted molar refractivity (Wildman–Crippen MR) is 104 cm³/mol. The number of halogens is 1. The van der Waals surface area contributed by atoms with E-state index < -0.39 is 0 Å². The topological polar surface area (TPSA) is 68.5 Å². The molecule has 3 rings (SSSR count). The van der Waals surface area contributed by atoms with Gasteiger partial charge in [0.15, 0.2) is 0 Å². The number of carbonyl (C=O) groups is 1. The fourth-order valence-corrected chi connectivity index (χ4v) is 3.91. The summed E-state index contributed by atoms with van der Waals surface area (Å²) in [5.74, 6) is 1.26. The molecule has 0 aliphatic carbocycles. The van der Waals surface area contributed by atoms with E-state index in [9.17, 15) is 4.79 Å². The molecule has 136 valence electrons. The lowest BCUT2D eigenvalue weighted by Crippen LogP contribution is -2.44. The Morgan fingerprint density at radius 1 is 1.40 bits per heavy atom. The van der Waals surface area contributed by atoms with Crippen molar-refractivity contribution in [2.75, 3.05) is 20.2 Å². The molecule has 1 fully saturated rings. The average Bonchev–Trinajstić information content (AvgIpc) is 3.11. The maximum Gasteiger partial charge on any atom is 0.265 e. The summed E-state index contributed by atoms with van der Waals surface area (Å²) < 4.78 is 5.17. The number of rotatable bonds is 4. The SMILES string of the molecule is COc1ccc(-c2ncc(C(=O)N3CCCC(C(C)N)C3)s2)cc1.Cl. The van der Waals surface area contributed by atoms with E-state index in [0.29, 0.717) is 10.8 Å². The van der Waals surface area contributed by atoms with Crippen LogP contribution in [0, 0.1) is 5.92 Å². The second-order valence-electron chi connectivity index (χ2n) is 6.27. The number of thiazole rings is 1. The van der Waals surface area contributed by atoms with Gasteiger partial charge in [-0.25, -0.2) is 4.98 Å². The van der Waals surface area contributed by atoms with E-state index in [0.717, 1.165) is 42.3 Å². The van der Waals surface area contributed by atoms with Gasteiger partial charge in [0.2, 0.25) is 0 Å². The van der Waals surface area contributed by atoms with Crippen LogP contribution in [0.3, 0.4) is 0 Å². The van der Waals surface area contributed by atoms with Crippen molar-refractivity contribution >= 4 is 29.7 Å². The summed E-state index contributed by atoms with van der Waals surface area (Å²) in [4.78, 5) is 19.8. The fraction of sp³-hybridized carbons (Fsp3) is 0.444. The lowest BCUT2D eigenvalue weighted by molar-refractivity contribution is 0.0665. The lowest BCUT2D eigenvalue weighted by Gasteiger charge is -2.34. The van der Waals surface area contributed by atoms with Crippen LogP contribution in [0.25, 0.3) is 10.6 Å². The molecule has 1 saturated heterocycles. The second-order valence-corrected chi connectivity index (χ2v) is 7.30. The van der Waals surface area contributed by atoms with Gasteiger partial charge in [0.1, 0.15) is 15.6 Å². The molecule has 0 bridgehead atoms. The maximum atomic E-state index is 12.7. The Morgan fingerprint density at radius 2 is 2.12 bits per heavy atom. The van der Waals surface area contributed by atoms with E-state index in [-0.39, 0.29) is 24.4 Å². The Morgan fingerprint density at radius 3 is 2.76 bits per heavy atom. The summed E-state index contributed by atoms with van der Waals surface area (Å²) in [7, 11) is 1.64. The van der Waals surface area contributed by atoms with Crippen LogP contribution in [-0.4, -0.2) is 42.0 Å². The van der Waals surface area contributed by atoms with Gasteiger partial charge in [-0.2, -0.15) is 0 Å². The highest BCUT2D eigenvalue weighted by Gasteiger charge is 2.27. The molecule has 0 radical (unpaired) electrons. The van der Waals surface area contributed by atoms with Crippen LogP contribution >= 0.6 is 23.7 Å². The Labute approximate surface area is 158 Å². The summed E-state index contributed by atoms with van der Waals surface area (Å²) in [6.07, 6.45) is 3.80. The number of benzene rings is 1. The smallest absolute Gasteiger partial charge is 0.265 e. The van der Waals surface area contributed by atoms with Gasteiger partial charge in [0.25, 0.3) is 5.91 Å². The van der Waals surface area contributed by atoms with E-state index >= 15 is 0 Å². The number of likely N-dealkylation sites (tertiary alicyclic amines) is 1. The van der Waals surface area contributed by atoms with E-state index in [4.69, 9.17) is 10.5 Å². The molecule has 1 aromatic heterocycles. The van der Waals surface area contributed by atoms with Crippen LogP contribution in [0.4, 0.5) is 0 Å². The second kappa shape index (κ2) is 8.65. The Hall–Kier alpha value is -1.63. The number of nitrogens with zero attached hydrogens (tertiary/aromatic N) is 2. The van der Waals surface area contributed by atoms with E-state index in [1.807, 2.05) is 36.1 Å². The van der Waals surface area contributed by atoms with Gasteiger partial charge in [0, 0.05) is 24.7 Å². The number of carbonyl (C=O) groups excluding carboxylic acids is 1. The first-order valence-electron chi connectivity index (χ1n) is 8.23. The zero-order valence-corrected chi connectivity index (χ0v) is 16.1. The molecule has 2 aromatic rings. The molecule has 25 heavy (non-hydrogen) atoms. The first kappa shape index (κ1) is 19.7. The number of piperidine rings is 1. The minimum Gasteiger partial charge on any atom is -0.497 e. The van der Waals surface area contributed by atoms with E-state index in [1.165, 1.54) is 11.3 Å². The Balaban J connectivity index is 0.00000225. The molecular formula is C18H24ClN3O2S. The molecule has 1 aromatic carbocycles. The van der Waals surface area contributed by atoms with Crippen LogP contribution in [0.15, 0.2) is 30.5 Å². The third kappa shape index (κ3) is 4.51. The molecule has 0 saturated carbocycles. The van der Waals surface area contributed by atoms with Gasteiger partial charge in [-0.05, 0) is 49.9 Å². The molecule has 1 amide bonds. The minimum atomic E-state index is 0. The quantitative estimate of drug-likeness (QED) is 0.880. The molecule has 2 unspecified atom stereocenters. The predicted octanol–water partition coefficient (Wildman–Crippen LogP) is 3.44. The number of hydrogen-bond donors (Lipinski definition) is 1. The van der Waals surface area contributed by atoms with Crippen LogP contribution in [0.5, 0.6) is 5.75 Å². The van der Waals surface area contributed by atoms with Crippen molar-refractivity contribution in [1.29, 1.82) is 0 Å². The van der Waals surface area contributed by atoms with Gasteiger partial charge in [-0.1, -0.05) is 0 Å². The average molecular weight is 382 g/mol. The molecule has 2 atom stereocenters. The van der Waals surface area contributed by atoms with E-state index in [1.54, 1.807) is 13.3 Å². The molecule has 2 heterocycles. The zero-order valence-electron chi connectivity index (χ0n) is 14.5. The number of amides is 1. The van der Waals surface area contributed by atoms with Gasteiger partial charge in [0.05, 0.1) is 13.3 Å². The third-order valence-corrected chi connectivity index (χ3v) is 5.58. The maximum absolute atomic E-state index is 12.7. The van der Waals surface area contributed by atoms with Crippen molar-refractivity contribution in [2.24, 2.45) is 11.7 Å². The number of aromatic nitrogens is 1. The summed E-state index contributed by atoms with van der Waals surface area (Å²) in [5, 5.41) is 0.849. The summed E-state index contributed by atoms with van der Waals surface area (Å²) in [5.41, 5.74) is 7.01. The van der Waals surface area contributed by atoms with Gasteiger partial charge >= 0.3 is 0 Å². The van der Waals surface area contributed by atoms with Gasteiger partial charge < -0.3 is 15.4 Å². The minimum absolute atomic E-state index is 0. The monoisotopic (exact) mass is 381 g/mol. The molecule has 1 aliphatic heterocycles. The molecule has 1 aliphatic rings. The molecule has 7 heteroatoms. The Bertz CT molecular complexity index is 703. The van der Waals surface area contributed by atoms with Crippen molar-refractivity contribution < 1.29 is 9.53 Å². The van der Waals surface area contributed by atoms with Gasteiger partial charge in [-0.3, -0.25) is 4.79 Å². The Kier molecular flexibility index (Phi) is 6.81. The number of nitrogens with two attached hydrogens (primary N) is 1. The normalized spacial score (nSPS) is 18.4. The number of hydrogen-bond acceptors (Lipinski definition) is 5. The summed E-state index contributed by atoms with van der Waals surface area (Å²) >= 11 is 1.44. The summed E-state index contributed by atoms with van der Waals surface area (Å²) in [6.45, 7) is 3.57. The third-order valence-electron chi connectivity index (χ3n) is 4.54. The van der Waals surface area contributed by atoms with Crippen molar-refractivity contribution in [2.45, 2.75) is 25.8 Å². The molecular weight excluding hydrogens is 358 g/mol. The molecule has 5 nitrogen and oxygen atoms in total. The molecule has 2 N–H and O–H groups in total. The lowest BCUT2D eigenvalue weighted by atomic mass is 9.92. The molecule has 0 spiro atoms. The summed E-state index contributed by atoms with van der Waals surface area (Å²) in [6, 6.07) is 7.83. The number of ether oxygens (including phenoxy) is 1. The van der Waals surface area contributed by atoms with Gasteiger partial charge in [-0.15, -0.1) is 23.7 Å². The highest BCUT2D eigenvalue weighted by atomic mass is 35.5. The van der Waals surface area contributed by atoms with Crippen LogP contribution < -0.4 is 10.5 Å². The van der Waals surface area contributed by atoms with Crippen LogP contribution in [-0.2, 0) is 0 Å².